The summed E-state index contributed by atoms with van der Waals surface area (Å²) in [5.74, 6) is 0.889. The van der Waals surface area contributed by atoms with Crippen LogP contribution >= 0.6 is 12.2 Å². The van der Waals surface area contributed by atoms with E-state index in [4.69, 9.17) is 22.7 Å². The van der Waals surface area contributed by atoms with Crippen LogP contribution in [0.2, 0.25) is 0 Å². The zero-order valence-electron chi connectivity index (χ0n) is 10.9. The van der Waals surface area contributed by atoms with Gasteiger partial charge in [0.15, 0.2) is 0 Å². The Balaban J connectivity index is 0.00000162. The van der Waals surface area contributed by atoms with Gasteiger partial charge in [-0.2, -0.15) is 0 Å². The van der Waals surface area contributed by atoms with Gasteiger partial charge in [0.25, 0.3) is 0 Å². The normalized spacial score (nSPS) is 20.1. The first-order chi connectivity index (χ1) is 7.87. The van der Waals surface area contributed by atoms with E-state index >= 15 is 0 Å². The minimum atomic E-state index is -0.231. The Kier molecular flexibility index (Phi) is 5.16. The maximum absolute atomic E-state index is 7.42. The molecule has 0 amide bonds. The van der Waals surface area contributed by atoms with Gasteiger partial charge in [-0.3, -0.25) is 0 Å². The zero-order chi connectivity index (χ0) is 12.6. The van der Waals surface area contributed by atoms with E-state index in [2.05, 4.69) is 32.2 Å². The third-order valence-electron chi connectivity index (χ3n) is 2.93. The van der Waals surface area contributed by atoms with Gasteiger partial charge >= 0.3 is 0 Å². The van der Waals surface area contributed by atoms with Crippen molar-refractivity contribution in [2.24, 2.45) is 0 Å². The van der Waals surface area contributed by atoms with E-state index in [1.165, 1.54) is 5.56 Å². The van der Waals surface area contributed by atoms with E-state index in [1.54, 1.807) is 0 Å². The largest absolute Gasteiger partial charge is 0.488 e. The molecule has 0 spiro atoms. The van der Waals surface area contributed by atoms with Crippen molar-refractivity contribution in [3.8, 4) is 5.75 Å². The van der Waals surface area contributed by atoms with E-state index in [9.17, 15) is 0 Å². The van der Waals surface area contributed by atoms with Crippen LogP contribution in [-0.4, -0.2) is 10.7 Å². The summed E-state index contributed by atoms with van der Waals surface area (Å²) in [7, 11) is 0. The van der Waals surface area contributed by atoms with Crippen molar-refractivity contribution in [2.75, 3.05) is 0 Å². The Labute approximate surface area is 139 Å². The first-order valence-electron chi connectivity index (χ1n) is 5.69. The third-order valence-corrected chi connectivity index (χ3v) is 3.05. The minimum Gasteiger partial charge on any atom is -0.488 e. The minimum absolute atomic E-state index is 0. The van der Waals surface area contributed by atoms with Crippen LogP contribution in [0, 0.1) is 6.92 Å². The van der Waals surface area contributed by atoms with E-state index in [-0.39, 0.29) is 49.5 Å². The van der Waals surface area contributed by atoms with Crippen molar-refractivity contribution in [3.63, 3.8) is 0 Å². The number of benzene rings is 1. The molecule has 1 heterocycles. The third kappa shape index (κ3) is 3.65. The first kappa shape index (κ1) is 15.9. The van der Waals surface area contributed by atoms with Gasteiger partial charge in [0.2, 0.25) is 0 Å². The van der Waals surface area contributed by atoms with E-state index in [1.807, 2.05) is 12.1 Å². The second kappa shape index (κ2) is 5.85. The second-order valence-electron chi connectivity index (χ2n) is 5.13. The molecule has 3 nitrogen and oxygen atoms in total. The SMILES string of the molecule is Cc1ccc2c(c1)C(NC([NH-])=S)CC(C)(C)O2.[Y]. The Morgan fingerprint density at radius 1 is 1.50 bits per heavy atom. The Hall–Kier alpha value is -0.186. The molecule has 0 aliphatic carbocycles. The molecular weight excluding hydrogens is 321 g/mol. The van der Waals surface area contributed by atoms with Crippen molar-refractivity contribution in [3.05, 3.63) is 35.1 Å². The van der Waals surface area contributed by atoms with Crippen molar-refractivity contribution in [1.29, 1.82) is 0 Å². The number of thiocarbonyl (C=S) groups is 1. The van der Waals surface area contributed by atoms with Crippen LogP contribution in [0.25, 0.3) is 5.73 Å². The fourth-order valence-corrected chi connectivity index (χ4v) is 2.40. The van der Waals surface area contributed by atoms with Gasteiger partial charge in [0, 0.05) is 32.7 Å². The molecule has 5 heteroatoms. The molecule has 95 valence electrons. The number of ether oxygens (including phenoxy) is 1. The average Bonchev–Trinajstić information content (AvgIpc) is 2.17. The molecule has 18 heavy (non-hydrogen) atoms. The molecule has 1 atom stereocenters. The maximum atomic E-state index is 7.42. The zero-order valence-corrected chi connectivity index (χ0v) is 14.6. The van der Waals surface area contributed by atoms with Crippen LogP contribution in [0.4, 0.5) is 0 Å². The van der Waals surface area contributed by atoms with Gasteiger partial charge in [0.1, 0.15) is 11.4 Å². The topological polar surface area (TPSA) is 45.1 Å². The van der Waals surface area contributed by atoms with Gasteiger partial charge in [-0.05, 0) is 50.0 Å². The van der Waals surface area contributed by atoms with Crippen LogP contribution in [0.15, 0.2) is 18.2 Å². The Bertz CT molecular complexity index is 462. The number of nitrogens with one attached hydrogen (secondary N) is 2. The molecule has 1 unspecified atom stereocenters. The quantitative estimate of drug-likeness (QED) is 0.797. The number of hydrogen-bond acceptors (Lipinski definition) is 2. The molecule has 1 aromatic carbocycles. The van der Waals surface area contributed by atoms with Gasteiger partial charge in [-0.1, -0.05) is 29.9 Å². The monoisotopic (exact) mass is 338 g/mol. The van der Waals surface area contributed by atoms with Crippen LogP contribution < -0.4 is 10.1 Å². The van der Waals surface area contributed by atoms with Crippen LogP contribution in [-0.2, 0) is 32.7 Å². The number of hydrogen-bond donors (Lipinski definition) is 1. The summed E-state index contributed by atoms with van der Waals surface area (Å²) in [6.45, 7) is 6.16. The van der Waals surface area contributed by atoms with Crippen LogP contribution in [0.5, 0.6) is 5.75 Å². The summed E-state index contributed by atoms with van der Waals surface area (Å²) in [6, 6.07) is 6.20. The number of aryl methyl sites for hydroxylation is 1. The second-order valence-corrected chi connectivity index (χ2v) is 5.54. The molecule has 0 saturated carbocycles. The first-order valence-corrected chi connectivity index (χ1v) is 6.10. The van der Waals surface area contributed by atoms with Crippen molar-refractivity contribution in [1.82, 2.24) is 5.32 Å². The van der Waals surface area contributed by atoms with E-state index in [0.29, 0.717) is 0 Å². The molecule has 1 aromatic rings. The predicted molar refractivity (Wildman–Crippen MR) is 73.3 cm³/mol. The summed E-state index contributed by atoms with van der Waals surface area (Å²) in [5, 5.41) is 3.12. The summed E-state index contributed by atoms with van der Waals surface area (Å²) in [4.78, 5) is 0. The molecule has 2 rings (SSSR count). The van der Waals surface area contributed by atoms with Gasteiger partial charge < -0.3 is 15.8 Å². The summed E-state index contributed by atoms with van der Waals surface area (Å²) in [5.41, 5.74) is 9.47. The number of rotatable bonds is 1. The Morgan fingerprint density at radius 3 is 2.78 bits per heavy atom. The fourth-order valence-electron chi connectivity index (χ4n) is 2.26. The average molecular weight is 338 g/mol. The van der Waals surface area contributed by atoms with Crippen molar-refractivity contribution in [2.45, 2.75) is 38.8 Å². The molecule has 0 saturated heterocycles. The predicted octanol–water partition coefficient (Wildman–Crippen LogP) is 3.52. The summed E-state index contributed by atoms with van der Waals surface area (Å²) in [6.07, 6.45) is 0.808. The van der Waals surface area contributed by atoms with Gasteiger partial charge in [-0.25, -0.2) is 0 Å². The molecular formula is C13H17N2OSY-. The van der Waals surface area contributed by atoms with Crippen LogP contribution in [0.3, 0.4) is 0 Å². The van der Waals surface area contributed by atoms with Crippen molar-refractivity contribution < 1.29 is 37.4 Å². The molecule has 1 aliphatic heterocycles. The standard InChI is InChI=1S/C13H18N2OS.Y/c1-8-4-5-11-9(6-8)10(15-12(14)17)7-13(2,3)16-11;/h4-6,10H,7H2,1-3H3,(H3,14,15,17);/p-1. The smallest absolute Gasteiger partial charge is 0.123 e. The molecule has 0 aromatic heterocycles. The molecule has 0 bridgehead atoms. The molecule has 0 fully saturated rings. The molecule has 2 N–H and O–H groups in total. The maximum Gasteiger partial charge on any atom is 0.123 e. The van der Waals surface area contributed by atoms with E-state index in [0.717, 1.165) is 17.7 Å². The van der Waals surface area contributed by atoms with Gasteiger partial charge in [0.05, 0.1) is 0 Å². The number of fused-ring (bicyclic) bond motifs is 1. The summed E-state index contributed by atoms with van der Waals surface area (Å²) >= 11 is 4.83. The fraction of sp³-hybridized carbons (Fsp3) is 0.462. The molecule has 1 aliphatic rings. The molecule has 1 radical (unpaired) electrons. The summed E-state index contributed by atoms with van der Waals surface area (Å²) < 4.78 is 5.94. The van der Waals surface area contributed by atoms with Crippen LogP contribution in [0.1, 0.15) is 37.4 Å². The van der Waals surface area contributed by atoms with Gasteiger partial charge in [-0.15, -0.1) is 0 Å². The van der Waals surface area contributed by atoms with E-state index < -0.39 is 0 Å². The Morgan fingerprint density at radius 2 is 2.17 bits per heavy atom. The van der Waals surface area contributed by atoms with Crippen molar-refractivity contribution >= 4 is 17.3 Å².